The standard InChI is InChI=1S/C18H28ClNO/c1-2-13-20-18(15-7-5-3-4-6-8-15)14-21-17-11-9-16(19)10-12-17/h9-12,15,18,20H,2-8,13-14H2,1H3. The summed E-state index contributed by atoms with van der Waals surface area (Å²) >= 11 is 5.91. The first-order valence-corrected chi connectivity index (χ1v) is 8.79. The molecule has 0 radical (unpaired) electrons. The molecule has 118 valence electrons. The van der Waals surface area contributed by atoms with Gasteiger partial charge in [0.15, 0.2) is 0 Å². The zero-order chi connectivity index (χ0) is 14.9. The van der Waals surface area contributed by atoms with E-state index < -0.39 is 0 Å². The van der Waals surface area contributed by atoms with E-state index in [2.05, 4.69) is 12.2 Å². The molecule has 0 spiro atoms. The van der Waals surface area contributed by atoms with Gasteiger partial charge in [-0.1, -0.05) is 44.2 Å². The first-order valence-electron chi connectivity index (χ1n) is 8.41. The third kappa shape index (κ3) is 5.88. The topological polar surface area (TPSA) is 21.3 Å². The number of halogens is 1. The summed E-state index contributed by atoms with van der Waals surface area (Å²) in [6, 6.07) is 8.14. The second kappa shape index (κ2) is 9.32. The van der Waals surface area contributed by atoms with Crippen LogP contribution in [0.15, 0.2) is 24.3 Å². The van der Waals surface area contributed by atoms with Gasteiger partial charge in [0, 0.05) is 11.1 Å². The molecule has 0 amide bonds. The van der Waals surface area contributed by atoms with E-state index in [4.69, 9.17) is 16.3 Å². The molecule has 3 heteroatoms. The van der Waals surface area contributed by atoms with Crippen LogP contribution in [-0.4, -0.2) is 19.2 Å². The lowest BCUT2D eigenvalue weighted by molar-refractivity contribution is 0.204. The minimum Gasteiger partial charge on any atom is -0.492 e. The van der Waals surface area contributed by atoms with Crippen molar-refractivity contribution in [3.8, 4) is 5.75 Å². The van der Waals surface area contributed by atoms with Gasteiger partial charge in [-0.25, -0.2) is 0 Å². The van der Waals surface area contributed by atoms with Crippen LogP contribution >= 0.6 is 11.6 Å². The van der Waals surface area contributed by atoms with E-state index in [0.717, 1.165) is 29.8 Å². The first kappa shape index (κ1) is 16.6. The van der Waals surface area contributed by atoms with Crippen molar-refractivity contribution in [1.29, 1.82) is 0 Å². The highest BCUT2D eigenvalue weighted by molar-refractivity contribution is 6.30. The van der Waals surface area contributed by atoms with E-state index in [1.807, 2.05) is 24.3 Å². The van der Waals surface area contributed by atoms with Gasteiger partial charge in [-0.05, 0) is 56.0 Å². The average molecular weight is 310 g/mol. The first-order chi connectivity index (χ1) is 10.3. The lowest BCUT2D eigenvalue weighted by Crippen LogP contribution is -2.41. The number of rotatable bonds is 7. The molecule has 0 aromatic heterocycles. The molecule has 0 saturated heterocycles. The van der Waals surface area contributed by atoms with Crippen LogP contribution in [0.25, 0.3) is 0 Å². The van der Waals surface area contributed by atoms with Crippen molar-refractivity contribution in [2.24, 2.45) is 5.92 Å². The fraction of sp³-hybridized carbons (Fsp3) is 0.667. The fourth-order valence-electron chi connectivity index (χ4n) is 3.12. The molecule has 0 bridgehead atoms. The van der Waals surface area contributed by atoms with E-state index >= 15 is 0 Å². The summed E-state index contributed by atoms with van der Waals surface area (Å²) < 4.78 is 5.99. The minimum absolute atomic E-state index is 0.471. The predicted octanol–water partition coefficient (Wildman–Crippen LogP) is 5.06. The van der Waals surface area contributed by atoms with Crippen LogP contribution in [0, 0.1) is 5.92 Å². The van der Waals surface area contributed by atoms with Crippen LogP contribution in [0.5, 0.6) is 5.75 Å². The van der Waals surface area contributed by atoms with Gasteiger partial charge < -0.3 is 10.1 Å². The molecule has 1 aromatic rings. The van der Waals surface area contributed by atoms with Gasteiger partial charge >= 0.3 is 0 Å². The summed E-state index contributed by atoms with van der Waals surface area (Å²) in [5.41, 5.74) is 0. The number of hydrogen-bond donors (Lipinski definition) is 1. The average Bonchev–Trinajstić information content (AvgIpc) is 2.78. The normalized spacial score (nSPS) is 18.2. The lowest BCUT2D eigenvalue weighted by atomic mass is 9.92. The molecule has 2 rings (SSSR count). The molecule has 1 aliphatic rings. The zero-order valence-electron chi connectivity index (χ0n) is 13.1. The predicted molar refractivity (Wildman–Crippen MR) is 90.2 cm³/mol. The van der Waals surface area contributed by atoms with Gasteiger partial charge in [0.1, 0.15) is 12.4 Å². The number of nitrogens with one attached hydrogen (secondary N) is 1. The number of ether oxygens (including phenoxy) is 1. The maximum absolute atomic E-state index is 5.99. The highest BCUT2D eigenvalue weighted by Gasteiger charge is 2.22. The van der Waals surface area contributed by atoms with Gasteiger partial charge in [-0.2, -0.15) is 0 Å². The lowest BCUT2D eigenvalue weighted by Gasteiger charge is -2.27. The largest absolute Gasteiger partial charge is 0.492 e. The van der Waals surface area contributed by atoms with Gasteiger partial charge in [0.05, 0.1) is 0 Å². The van der Waals surface area contributed by atoms with Crippen molar-refractivity contribution in [3.05, 3.63) is 29.3 Å². The van der Waals surface area contributed by atoms with E-state index in [-0.39, 0.29) is 0 Å². The smallest absolute Gasteiger partial charge is 0.119 e. The monoisotopic (exact) mass is 309 g/mol. The van der Waals surface area contributed by atoms with Gasteiger partial charge in [0.25, 0.3) is 0 Å². The van der Waals surface area contributed by atoms with Crippen LogP contribution in [0.3, 0.4) is 0 Å². The summed E-state index contributed by atoms with van der Waals surface area (Å²) in [4.78, 5) is 0. The van der Waals surface area contributed by atoms with Crippen molar-refractivity contribution < 1.29 is 4.74 Å². The Balaban J connectivity index is 1.89. The molecule has 1 aromatic carbocycles. The Morgan fingerprint density at radius 1 is 1.14 bits per heavy atom. The molecule has 1 unspecified atom stereocenters. The summed E-state index contributed by atoms with van der Waals surface area (Å²) in [5.74, 6) is 1.67. The van der Waals surface area contributed by atoms with Crippen LogP contribution < -0.4 is 10.1 Å². The summed E-state index contributed by atoms with van der Waals surface area (Å²) in [5, 5.41) is 4.45. The van der Waals surface area contributed by atoms with Gasteiger partial charge in [0.2, 0.25) is 0 Å². The molecule has 1 fully saturated rings. The Labute approximate surface area is 134 Å². The molecule has 0 aliphatic heterocycles. The Bertz CT molecular complexity index is 385. The fourth-order valence-corrected chi connectivity index (χ4v) is 3.25. The third-order valence-corrected chi connectivity index (χ3v) is 4.62. The molecule has 0 heterocycles. The molecule has 1 N–H and O–H groups in total. The zero-order valence-corrected chi connectivity index (χ0v) is 13.9. The van der Waals surface area contributed by atoms with Crippen LogP contribution in [0.1, 0.15) is 51.9 Å². The van der Waals surface area contributed by atoms with Crippen LogP contribution in [0.2, 0.25) is 5.02 Å². The van der Waals surface area contributed by atoms with Crippen LogP contribution in [-0.2, 0) is 0 Å². The third-order valence-electron chi connectivity index (χ3n) is 4.37. The SMILES string of the molecule is CCCNC(COc1ccc(Cl)cc1)C1CCCCCC1. The van der Waals surface area contributed by atoms with Crippen molar-refractivity contribution in [3.63, 3.8) is 0 Å². The quantitative estimate of drug-likeness (QED) is 0.711. The van der Waals surface area contributed by atoms with E-state index in [1.54, 1.807) is 0 Å². The van der Waals surface area contributed by atoms with Crippen molar-refractivity contribution in [2.45, 2.75) is 57.9 Å². The Hall–Kier alpha value is -0.730. The van der Waals surface area contributed by atoms with E-state index in [1.165, 1.54) is 44.9 Å². The second-order valence-electron chi connectivity index (χ2n) is 6.08. The van der Waals surface area contributed by atoms with E-state index in [0.29, 0.717) is 6.04 Å². The summed E-state index contributed by atoms with van der Waals surface area (Å²) in [6.45, 7) is 4.05. The second-order valence-corrected chi connectivity index (χ2v) is 6.51. The number of benzene rings is 1. The Morgan fingerprint density at radius 3 is 2.43 bits per heavy atom. The molecule has 1 aliphatic carbocycles. The summed E-state index contributed by atoms with van der Waals surface area (Å²) in [7, 11) is 0. The van der Waals surface area contributed by atoms with Gasteiger partial charge in [-0.3, -0.25) is 0 Å². The number of hydrogen-bond acceptors (Lipinski definition) is 2. The maximum Gasteiger partial charge on any atom is 0.119 e. The Morgan fingerprint density at radius 2 is 1.81 bits per heavy atom. The molecule has 21 heavy (non-hydrogen) atoms. The van der Waals surface area contributed by atoms with E-state index in [9.17, 15) is 0 Å². The maximum atomic E-state index is 5.99. The van der Waals surface area contributed by atoms with Crippen molar-refractivity contribution in [2.75, 3.05) is 13.2 Å². The molecule has 1 saturated carbocycles. The van der Waals surface area contributed by atoms with Gasteiger partial charge in [-0.15, -0.1) is 0 Å². The summed E-state index contributed by atoms with van der Waals surface area (Å²) in [6.07, 6.45) is 9.39. The highest BCUT2D eigenvalue weighted by atomic mass is 35.5. The molecule has 1 atom stereocenters. The van der Waals surface area contributed by atoms with Crippen LogP contribution in [0.4, 0.5) is 0 Å². The van der Waals surface area contributed by atoms with Crippen molar-refractivity contribution >= 4 is 11.6 Å². The highest BCUT2D eigenvalue weighted by Crippen LogP contribution is 2.26. The molecular weight excluding hydrogens is 282 g/mol. The molecular formula is C18H28ClNO. The molecule has 2 nitrogen and oxygen atoms in total. The minimum atomic E-state index is 0.471. The Kier molecular flexibility index (Phi) is 7.38. The van der Waals surface area contributed by atoms with Crippen molar-refractivity contribution in [1.82, 2.24) is 5.32 Å².